The van der Waals surface area contributed by atoms with E-state index in [0.29, 0.717) is 0 Å². The molecule has 2 heteroatoms. The quantitative estimate of drug-likeness (QED) is 0.221. The second-order valence-electron chi connectivity index (χ2n) is 11.8. The van der Waals surface area contributed by atoms with Gasteiger partial charge in [0.1, 0.15) is 11.3 Å². The summed E-state index contributed by atoms with van der Waals surface area (Å²) in [5, 5.41) is 7.21. The van der Waals surface area contributed by atoms with Gasteiger partial charge < -0.3 is 9.73 Å². The molecule has 0 saturated carbocycles. The zero-order valence-electron chi connectivity index (χ0n) is 24.6. The van der Waals surface area contributed by atoms with Crippen molar-refractivity contribution in [2.75, 3.05) is 5.32 Å². The molecule has 0 spiro atoms. The molecule has 1 aromatic heterocycles. The van der Waals surface area contributed by atoms with Gasteiger partial charge in [-0.2, -0.15) is 0 Å². The van der Waals surface area contributed by atoms with Crippen LogP contribution in [0.4, 0.5) is 11.4 Å². The van der Waals surface area contributed by atoms with Crippen molar-refractivity contribution in [1.29, 1.82) is 0 Å². The fourth-order valence-corrected chi connectivity index (χ4v) is 7.29. The summed E-state index contributed by atoms with van der Waals surface area (Å²) < 4.78 is 6.13. The van der Waals surface area contributed by atoms with Crippen LogP contribution >= 0.6 is 0 Å². The Morgan fingerprint density at radius 2 is 1.04 bits per heavy atom. The van der Waals surface area contributed by atoms with Gasteiger partial charge in [0.25, 0.3) is 0 Å². The van der Waals surface area contributed by atoms with Crippen LogP contribution < -0.4 is 5.32 Å². The first kappa shape index (κ1) is 25.6. The Labute approximate surface area is 262 Å². The van der Waals surface area contributed by atoms with Crippen LogP contribution in [-0.4, -0.2) is 0 Å². The standard InChI is InChI=1S/C43H29NO/c1-3-12-33(13-4-1)43(34-14-5-2-6-15-34)39-17-9-8-16-37(39)38-24-23-36(28-40(38)43)44-35-22-21-29-25-32(20-19-30(29)26-35)42-27-31-11-7-10-18-41(31)45-42/h1-28,44H. The van der Waals surface area contributed by atoms with Gasteiger partial charge in [-0.15, -0.1) is 0 Å². The number of anilines is 2. The molecule has 212 valence electrons. The maximum atomic E-state index is 6.13. The number of hydrogen-bond donors (Lipinski definition) is 1. The van der Waals surface area contributed by atoms with Gasteiger partial charge in [0.15, 0.2) is 0 Å². The van der Waals surface area contributed by atoms with E-state index < -0.39 is 5.41 Å². The van der Waals surface area contributed by atoms with Crippen molar-refractivity contribution in [2.24, 2.45) is 0 Å². The highest BCUT2D eigenvalue weighted by atomic mass is 16.3. The van der Waals surface area contributed by atoms with Crippen molar-refractivity contribution < 1.29 is 4.42 Å². The Kier molecular flexibility index (Phi) is 5.76. The molecule has 1 aliphatic rings. The minimum atomic E-state index is -0.414. The fraction of sp³-hybridized carbons (Fsp3) is 0.0233. The first-order chi connectivity index (χ1) is 22.3. The molecular weight excluding hydrogens is 546 g/mol. The molecule has 0 aliphatic heterocycles. The van der Waals surface area contributed by atoms with Crippen LogP contribution in [0.25, 0.3) is 44.2 Å². The van der Waals surface area contributed by atoms with Crippen LogP contribution in [0, 0.1) is 0 Å². The zero-order valence-corrected chi connectivity index (χ0v) is 24.6. The number of nitrogens with one attached hydrogen (secondary N) is 1. The minimum Gasteiger partial charge on any atom is -0.456 e. The largest absolute Gasteiger partial charge is 0.456 e. The van der Waals surface area contributed by atoms with Gasteiger partial charge in [-0.1, -0.05) is 127 Å². The van der Waals surface area contributed by atoms with E-state index >= 15 is 0 Å². The van der Waals surface area contributed by atoms with Crippen LogP contribution in [0.5, 0.6) is 0 Å². The van der Waals surface area contributed by atoms with Crippen molar-refractivity contribution in [3.8, 4) is 22.5 Å². The van der Waals surface area contributed by atoms with Crippen LogP contribution in [0.3, 0.4) is 0 Å². The molecule has 45 heavy (non-hydrogen) atoms. The smallest absolute Gasteiger partial charge is 0.135 e. The van der Waals surface area contributed by atoms with Gasteiger partial charge in [-0.25, -0.2) is 0 Å². The average molecular weight is 576 g/mol. The number of hydrogen-bond acceptors (Lipinski definition) is 2. The predicted octanol–water partition coefficient (Wildman–Crippen LogP) is 11.4. The normalized spacial score (nSPS) is 13.1. The number of furan rings is 1. The van der Waals surface area contributed by atoms with E-state index in [-0.39, 0.29) is 0 Å². The lowest BCUT2D eigenvalue weighted by Gasteiger charge is -2.34. The van der Waals surface area contributed by atoms with Crippen LogP contribution in [-0.2, 0) is 5.41 Å². The van der Waals surface area contributed by atoms with E-state index in [1.54, 1.807) is 0 Å². The van der Waals surface area contributed by atoms with Crippen LogP contribution in [0.1, 0.15) is 22.3 Å². The summed E-state index contributed by atoms with van der Waals surface area (Å²) in [4.78, 5) is 0. The van der Waals surface area contributed by atoms with Crippen molar-refractivity contribution in [3.63, 3.8) is 0 Å². The lowest BCUT2D eigenvalue weighted by atomic mass is 9.67. The van der Waals surface area contributed by atoms with E-state index in [2.05, 4.69) is 157 Å². The maximum Gasteiger partial charge on any atom is 0.135 e. The molecule has 0 radical (unpaired) electrons. The van der Waals surface area contributed by atoms with Crippen molar-refractivity contribution in [3.05, 3.63) is 192 Å². The Morgan fingerprint density at radius 1 is 0.422 bits per heavy atom. The summed E-state index contributed by atoms with van der Waals surface area (Å²) in [6.45, 7) is 0. The van der Waals surface area contributed by atoms with Gasteiger partial charge in [0, 0.05) is 22.3 Å². The number of para-hydroxylation sites is 1. The summed E-state index contributed by atoms with van der Waals surface area (Å²) in [5.74, 6) is 0.889. The molecular formula is C43H29NO. The molecule has 0 bridgehead atoms. The van der Waals surface area contributed by atoms with E-state index in [4.69, 9.17) is 4.42 Å². The number of rotatable bonds is 5. The van der Waals surface area contributed by atoms with Gasteiger partial charge in [0.2, 0.25) is 0 Å². The molecule has 2 nitrogen and oxygen atoms in total. The SMILES string of the molecule is c1ccc(C2(c3ccccc3)c3ccccc3-c3ccc(Nc4ccc5cc(-c6cc7ccccc7o6)ccc5c4)cc32)cc1. The fourth-order valence-electron chi connectivity index (χ4n) is 7.29. The van der Waals surface area contributed by atoms with Crippen molar-refractivity contribution >= 4 is 33.1 Å². The second kappa shape index (κ2) is 10.1. The van der Waals surface area contributed by atoms with E-state index in [1.165, 1.54) is 44.2 Å². The third-order valence-electron chi connectivity index (χ3n) is 9.30. The predicted molar refractivity (Wildman–Crippen MR) is 186 cm³/mol. The van der Waals surface area contributed by atoms with Gasteiger partial charge >= 0.3 is 0 Å². The molecule has 1 aliphatic carbocycles. The molecule has 9 rings (SSSR count). The number of fused-ring (bicyclic) bond motifs is 5. The van der Waals surface area contributed by atoms with Gasteiger partial charge in [-0.3, -0.25) is 0 Å². The topological polar surface area (TPSA) is 25.2 Å². The molecule has 0 atom stereocenters. The third-order valence-corrected chi connectivity index (χ3v) is 9.30. The van der Waals surface area contributed by atoms with E-state index in [0.717, 1.165) is 33.7 Å². The van der Waals surface area contributed by atoms with Gasteiger partial charge in [-0.05, 0) is 86.6 Å². The van der Waals surface area contributed by atoms with E-state index in [1.807, 2.05) is 18.2 Å². The summed E-state index contributed by atoms with van der Waals surface area (Å²) >= 11 is 0. The molecule has 7 aromatic carbocycles. The summed E-state index contributed by atoms with van der Waals surface area (Å²) in [7, 11) is 0. The molecule has 0 saturated heterocycles. The molecule has 1 heterocycles. The van der Waals surface area contributed by atoms with Gasteiger partial charge in [0.05, 0.1) is 5.41 Å². The summed E-state index contributed by atoms with van der Waals surface area (Å²) in [6, 6.07) is 60.9. The van der Waals surface area contributed by atoms with Crippen molar-refractivity contribution in [2.45, 2.75) is 5.41 Å². The minimum absolute atomic E-state index is 0.414. The monoisotopic (exact) mass is 575 g/mol. The average Bonchev–Trinajstić information content (AvgIpc) is 3.67. The van der Waals surface area contributed by atoms with Crippen LogP contribution in [0.15, 0.2) is 174 Å². The Bertz CT molecular complexity index is 2280. The maximum absolute atomic E-state index is 6.13. The molecule has 0 fully saturated rings. The highest BCUT2D eigenvalue weighted by Gasteiger charge is 2.46. The first-order valence-electron chi connectivity index (χ1n) is 15.4. The van der Waals surface area contributed by atoms with Crippen LogP contribution in [0.2, 0.25) is 0 Å². The lowest BCUT2D eigenvalue weighted by molar-refractivity contribution is 0.631. The Balaban J connectivity index is 1.13. The Hall–Kier alpha value is -5.86. The second-order valence-corrected chi connectivity index (χ2v) is 11.8. The molecule has 0 amide bonds. The third kappa shape index (κ3) is 4.03. The summed E-state index contributed by atoms with van der Waals surface area (Å²) in [6.07, 6.45) is 0. The lowest BCUT2D eigenvalue weighted by Crippen LogP contribution is -2.28. The first-order valence-corrected chi connectivity index (χ1v) is 15.4. The molecule has 8 aromatic rings. The molecule has 1 N–H and O–H groups in total. The summed E-state index contributed by atoms with van der Waals surface area (Å²) in [5.41, 5.74) is 11.4. The number of benzene rings is 7. The van der Waals surface area contributed by atoms with E-state index in [9.17, 15) is 0 Å². The zero-order chi connectivity index (χ0) is 29.8. The Morgan fingerprint density at radius 3 is 1.84 bits per heavy atom. The highest BCUT2D eigenvalue weighted by molar-refractivity contribution is 5.92. The molecule has 0 unspecified atom stereocenters. The van der Waals surface area contributed by atoms with Crippen molar-refractivity contribution in [1.82, 2.24) is 0 Å². The highest BCUT2D eigenvalue weighted by Crippen LogP contribution is 2.56.